The van der Waals surface area contributed by atoms with E-state index in [1.165, 1.54) is 16.8 Å². The van der Waals surface area contributed by atoms with Crippen LogP contribution < -0.4 is 10.1 Å². The topological polar surface area (TPSA) is 21.3 Å². The van der Waals surface area contributed by atoms with E-state index in [1.807, 2.05) is 12.1 Å². The predicted molar refractivity (Wildman–Crippen MR) is 74.1 cm³/mol. The molecule has 1 aliphatic heterocycles. The minimum Gasteiger partial charge on any atom is -0.493 e. The zero-order chi connectivity index (χ0) is 12.4. The number of nitrogens with one attached hydrogen (secondary N) is 1. The SMILES string of the molecule is Cc1cccc(NC2CCOc3ccccc32)c1. The van der Waals surface area contributed by atoms with Crippen molar-refractivity contribution in [2.24, 2.45) is 0 Å². The number of hydrogen-bond donors (Lipinski definition) is 1. The molecule has 0 aromatic heterocycles. The lowest BCUT2D eigenvalue weighted by atomic mass is 10.00. The number of hydrogen-bond acceptors (Lipinski definition) is 2. The van der Waals surface area contributed by atoms with E-state index >= 15 is 0 Å². The molecule has 1 aliphatic rings. The Kier molecular flexibility index (Phi) is 2.93. The molecule has 2 heteroatoms. The van der Waals surface area contributed by atoms with Gasteiger partial charge in [-0.3, -0.25) is 0 Å². The van der Waals surface area contributed by atoms with Gasteiger partial charge in [0.2, 0.25) is 0 Å². The van der Waals surface area contributed by atoms with Crippen LogP contribution in [0.15, 0.2) is 48.5 Å². The molecule has 0 saturated heterocycles. The van der Waals surface area contributed by atoms with Gasteiger partial charge in [0.1, 0.15) is 5.75 Å². The third-order valence-corrected chi connectivity index (χ3v) is 3.32. The Bertz CT molecular complexity index is 550. The van der Waals surface area contributed by atoms with E-state index in [0.29, 0.717) is 6.04 Å². The van der Waals surface area contributed by atoms with Crippen LogP contribution in [0, 0.1) is 6.92 Å². The minimum atomic E-state index is 0.344. The van der Waals surface area contributed by atoms with E-state index in [1.54, 1.807) is 0 Å². The van der Waals surface area contributed by atoms with E-state index in [2.05, 4.69) is 48.6 Å². The van der Waals surface area contributed by atoms with Gasteiger partial charge in [-0.2, -0.15) is 0 Å². The monoisotopic (exact) mass is 239 g/mol. The summed E-state index contributed by atoms with van der Waals surface area (Å²) in [5.41, 5.74) is 3.71. The molecular formula is C16H17NO. The molecule has 1 N–H and O–H groups in total. The van der Waals surface area contributed by atoms with Gasteiger partial charge in [0.15, 0.2) is 0 Å². The molecule has 0 bridgehead atoms. The summed E-state index contributed by atoms with van der Waals surface area (Å²) in [5.74, 6) is 1.01. The molecule has 3 rings (SSSR count). The predicted octanol–water partition coefficient (Wildman–Crippen LogP) is 3.93. The maximum Gasteiger partial charge on any atom is 0.124 e. The van der Waals surface area contributed by atoms with E-state index in [-0.39, 0.29) is 0 Å². The standard InChI is InChI=1S/C16H17NO/c1-12-5-4-6-13(11-12)17-15-9-10-18-16-8-3-2-7-14(15)16/h2-8,11,15,17H,9-10H2,1H3. The largest absolute Gasteiger partial charge is 0.493 e. The quantitative estimate of drug-likeness (QED) is 0.857. The lowest BCUT2D eigenvalue weighted by Crippen LogP contribution is -2.20. The number of benzene rings is 2. The molecule has 0 saturated carbocycles. The summed E-state index contributed by atoms with van der Waals surface area (Å²) in [5, 5.41) is 3.60. The van der Waals surface area contributed by atoms with E-state index in [9.17, 15) is 0 Å². The fourth-order valence-corrected chi connectivity index (χ4v) is 2.43. The molecular weight excluding hydrogens is 222 g/mol. The average molecular weight is 239 g/mol. The maximum atomic E-state index is 5.68. The van der Waals surface area contributed by atoms with Gasteiger partial charge in [-0.15, -0.1) is 0 Å². The van der Waals surface area contributed by atoms with Crippen molar-refractivity contribution in [1.82, 2.24) is 0 Å². The van der Waals surface area contributed by atoms with Crippen LogP contribution in [0.25, 0.3) is 0 Å². The molecule has 0 amide bonds. The van der Waals surface area contributed by atoms with Gasteiger partial charge < -0.3 is 10.1 Å². The molecule has 0 fully saturated rings. The molecule has 1 atom stereocenters. The van der Waals surface area contributed by atoms with Gasteiger partial charge in [0.05, 0.1) is 12.6 Å². The Morgan fingerprint density at radius 2 is 2.00 bits per heavy atom. The van der Waals surface area contributed by atoms with Gasteiger partial charge >= 0.3 is 0 Å². The Morgan fingerprint density at radius 3 is 2.89 bits per heavy atom. The number of rotatable bonds is 2. The summed E-state index contributed by atoms with van der Waals surface area (Å²) in [7, 11) is 0. The van der Waals surface area contributed by atoms with Gasteiger partial charge in [-0.25, -0.2) is 0 Å². The molecule has 1 unspecified atom stereocenters. The van der Waals surface area contributed by atoms with Crippen LogP contribution in [0.1, 0.15) is 23.6 Å². The minimum absolute atomic E-state index is 0.344. The second-order valence-corrected chi connectivity index (χ2v) is 4.74. The van der Waals surface area contributed by atoms with E-state index < -0.39 is 0 Å². The maximum absolute atomic E-state index is 5.68. The number of anilines is 1. The van der Waals surface area contributed by atoms with Crippen LogP contribution in [0.4, 0.5) is 5.69 Å². The van der Waals surface area contributed by atoms with Crippen LogP contribution in [0.5, 0.6) is 5.75 Å². The molecule has 2 nitrogen and oxygen atoms in total. The molecule has 92 valence electrons. The van der Waals surface area contributed by atoms with Crippen molar-refractivity contribution in [3.05, 3.63) is 59.7 Å². The fraction of sp³-hybridized carbons (Fsp3) is 0.250. The first-order valence-electron chi connectivity index (χ1n) is 6.38. The third-order valence-electron chi connectivity index (χ3n) is 3.32. The van der Waals surface area contributed by atoms with Gasteiger partial charge in [0.25, 0.3) is 0 Å². The van der Waals surface area contributed by atoms with Crippen LogP contribution >= 0.6 is 0 Å². The molecule has 18 heavy (non-hydrogen) atoms. The highest BCUT2D eigenvalue weighted by atomic mass is 16.5. The van der Waals surface area contributed by atoms with Crippen molar-refractivity contribution in [3.63, 3.8) is 0 Å². The zero-order valence-corrected chi connectivity index (χ0v) is 10.5. The first kappa shape index (κ1) is 11.1. The Hall–Kier alpha value is -1.96. The van der Waals surface area contributed by atoms with Gasteiger partial charge in [-0.05, 0) is 30.7 Å². The normalized spacial score (nSPS) is 17.7. The van der Waals surface area contributed by atoms with Crippen molar-refractivity contribution in [2.75, 3.05) is 11.9 Å². The van der Waals surface area contributed by atoms with Crippen molar-refractivity contribution in [2.45, 2.75) is 19.4 Å². The Morgan fingerprint density at radius 1 is 1.11 bits per heavy atom. The summed E-state index contributed by atoms with van der Waals surface area (Å²) in [6.45, 7) is 2.89. The van der Waals surface area contributed by atoms with Gasteiger partial charge in [0, 0.05) is 17.7 Å². The van der Waals surface area contributed by atoms with Crippen molar-refractivity contribution in [3.8, 4) is 5.75 Å². The molecule has 0 spiro atoms. The smallest absolute Gasteiger partial charge is 0.124 e. The number of para-hydroxylation sites is 1. The molecule has 2 aromatic carbocycles. The third kappa shape index (κ3) is 2.19. The van der Waals surface area contributed by atoms with E-state index in [0.717, 1.165) is 18.8 Å². The van der Waals surface area contributed by atoms with Crippen molar-refractivity contribution in [1.29, 1.82) is 0 Å². The van der Waals surface area contributed by atoms with Crippen LogP contribution in [-0.4, -0.2) is 6.61 Å². The first-order chi connectivity index (χ1) is 8.83. The first-order valence-corrected chi connectivity index (χ1v) is 6.38. The van der Waals surface area contributed by atoms with Crippen LogP contribution in [0.2, 0.25) is 0 Å². The molecule has 1 heterocycles. The highest BCUT2D eigenvalue weighted by Crippen LogP contribution is 2.33. The fourth-order valence-electron chi connectivity index (χ4n) is 2.43. The number of aryl methyl sites for hydroxylation is 1. The highest BCUT2D eigenvalue weighted by Gasteiger charge is 2.20. The Balaban J connectivity index is 1.86. The summed E-state index contributed by atoms with van der Waals surface area (Å²) < 4.78 is 5.68. The van der Waals surface area contributed by atoms with Gasteiger partial charge in [-0.1, -0.05) is 30.3 Å². The summed E-state index contributed by atoms with van der Waals surface area (Å²) in [6.07, 6.45) is 1.00. The number of ether oxygens (including phenoxy) is 1. The second-order valence-electron chi connectivity index (χ2n) is 4.74. The average Bonchev–Trinajstić information content (AvgIpc) is 2.39. The summed E-state index contributed by atoms with van der Waals surface area (Å²) in [4.78, 5) is 0. The zero-order valence-electron chi connectivity index (χ0n) is 10.5. The summed E-state index contributed by atoms with van der Waals surface area (Å²) >= 11 is 0. The lowest BCUT2D eigenvalue weighted by Gasteiger charge is -2.27. The van der Waals surface area contributed by atoms with Crippen molar-refractivity contribution < 1.29 is 4.74 Å². The molecule has 2 aromatic rings. The molecule has 0 radical (unpaired) electrons. The highest BCUT2D eigenvalue weighted by molar-refractivity contribution is 5.50. The van der Waals surface area contributed by atoms with Crippen LogP contribution in [0.3, 0.4) is 0 Å². The van der Waals surface area contributed by atoms with Crippen molar-refractivity contribution >= 4 is 5.69 Å². The van der Waals surface area contributed by atoms with Crippen LogP contribution in [-0.2, 0) is 0 Å². The Labute approximate surface area is 108 Å². The van der Waals surface area contributed by atoms with E-state index in [4.69, 9.17) is 4.74 Å². The lowest BCUT2D eigenvalue weighted by molar-refractivity contribution is 0.274. The molecule has 0 aliphatic carbocycles. The second kappa shape index (κ2) is 4.73. The number of fused-ring (bicyclic) bond motifs is 1. The summed E-state index contributed by atoms with van der Waals surface area (Å²) in [6, 6.07) is 17.1.